The van der Waals surface area contributed by atoms with Gasteiger partial charge in [0.15, 0.2) is 0 Å². The van der Waals surface area contributed by atoms with Gasteiger partial charge in [-0.05, 0) is 26.3 Å². The van der Waals surface area contributed by atoms with E-state index in [2.05, 4.69) is 11.9 Å². The predicted octanol–water partition coefficient (Wildman–Crippen LogP) is 1.30. The van der Waals surface area contributed by atoms with Crippen molar-refractivity contribution >= 4 is 17.7 Å². The molecule has 21 heavy (non-hydrogen) atoms. The second-order valence-electron chi connectivity index (χ2n) is 4.54. The van der Waals surface area contributed by atoms with Crippen LogP contribution in [0.15, 0.2) is 12.7 Å². The molecule has 114 valence electrons. The Morgan fingerprint density at radius 2 is 1.95 bits per heavy atom. The van der Waals surface area contributed by atoms with E-state index in [1.54, 1.807) is 32.4 Å². The molecular weight excluding hydrogens is 272 g/mol. The summed E-state index contributed by atoms with van der Waals surface area (Å²) >= 11 is 0. The first-order valence-corrected chi connectivity index (χ1v) is 6.63. The third kappa shape index (κ3) is 3.21. The van der Waals surface area contributed by atoms with Crippen LogP contribution < -0.4 is 5.32 Å². The molecule has 0 radical (unpaired) electrons. The van der Waals surface area contributed by atoms with Gasteiger partial charge < -0.3 is 14.6 Å². The highest BCUT2D eigenvalue weighted by Gasteiger charge is 2.28. The van der Waals surface area contributed by atoms with E-state index in [4.69, 9.17) is 4.74 Å². The van der Waals surface area contributed by atoms with Crippen molar-refractivity contribution in [3.05, 3.63) is 35.2 Å². The minimum atomic E-state index is -0.720. The van der Waals surface area contributed by atoms with Crippen LogP contribution in [0.3, 0.4) is 0 Å². The topological polar surface area (TPSA) is 77.4 Å². The zero-order valence-corrected chi connectivity index (χ0v) is 12.8. The Morgan fingerprint density at radius 3 is 2.48 bits per heavy atom. The summed E-state index contributed by atoms with van der Waals surface area (Å²) in [6.07, 6.45) is 1.49. The zero-order valence-electron chi connectivity index (χ0n) is 12.8. The van der Waals surface area contributed by atoms with Crippen LogP contribution >= 0.6 is 0 Å². The first-order chi connectivity index (χ1) is 9.86. The number of ether oxygens (including phenoxy) is 1. The third-order valence-corrected chi connectivity index (χ3v) is 3.24. The number of amides is 1. The molecule has 0 atom stereocenters. The van der Waals surface area contributed by atoms with Crippen molar-refractivity contribution in [1.82, 2.24) is 9.88 Å². The van der Waals surface area contributed by atoms with Crippen LogP contribution in [0.5, 0.6) is 0 Å². The lowest BCUT2D eigenvalue weighted by molar-refractivity contribution is -0.116. The van der Waals surface area contributed by atoms with Crippen molar-refractivity contribution in [3.8, 4) is 0 Å². The molecule has 0 aromatic carbocycles. The van der Waals surface area contributed by atoms with Crippen molar-refractivity contribution in [2.24, 2.45) is 7.05 Å². The van der Waals surface area contributed by atoms with E-state index in [0.29, 0.717) is 11.3 Å². The van der Waals surface area contributed by atoms with Crippen LogP contribution in [0.2, 0.25) is 0 Å². The lowest BCUT2D eigenvalue weighted by Gasteiger charge is -2.05. The van der Waals surface area contributed by atoms with Crippen molar-refractivity contribution in [2.45, 2.75) is 20.8 Å². The maximum Gasteiger partial charge on any atom is 0.355 e. The van der Waals surface area contributed by atoms with Gasteiger partial charge in [-0.25, -0.2) is 4.79 Å². The Morgan fingerprint density at radius 1 is 1.33 bits per heavy atom. The van der Waals surface area contributed by atoms with E-state index >= 15 is 0 Å². The van der Waals surface area contributed by atoms with Gasteiger partial charge >= 0.3 is 5.97 Å². The molecule has 0 fully saturated rings. The predicted molar refractivity (Wildman–Crippen MR) is 78.4 cm³/mol. The van der Waals surface area contributed by atoms with Gasteiger partial charge in [-0.1, -0.05) is 6.08 Å². The first kappa shape index (κ1) is 16.7. The number of carbonyl (C=O) groups is 3. The summed E-state index contributed by atoms with van der Waals surface area (Å²) in [5.41, 5.74) is 1.53. The van der Waals surface area contributed by atoms with Crippen molar-refractivity contribution in [2.75, 3.05) is 13.2 Å². The number of esters is 1. The van der Waals surface area contributed by atoms with Crippen molar-refractivity contribution in [1.29, 1.82) is 0 Å². The Bertz CT molecular complexity index is 599. The largest absolute Gasteiger partial charge is 0.461 e. The van der Waals surface area contributed by atoms with Gasteiger partial charge in [0, 0.05) is 19.3 Å². The maximum atomic E-state index is 12.2. The summed E-state index contributed by atoms with van der Waals surface area (Å²) in [5.74, 6) is -1.90. The third-order valence-electron chi connectivity index (χ3n) is 3.24. The molecule has 6 nitrogen and oxygen atoms in total. The fourth-order valence-corrected chi connectivity index (χ4v) is 2.16. The number of Topliss-reactive ketones (excluding diaryl/α,β-unsaturated/α-hetero) is 1. The highest BCUT2D eigenvalue weighted by Crippen LogP contribution is 2.22. The molecular formula is C15H20N2O4. The summed E-state index contributed by atoms with van der Waals surface area (Å²) in [7, 11) is 1.66. The molecule has 1 aromatic rings. The fraction of sp³-hybridized carbons (Fsp3) is 0.400. The average molecular weight is 292 g/mol. The van der Waals surface area contributed by atoms with Crippen LogP contribution in [0.1, 0.15) is 39.0 Å². The molecule has 0 bridgehead atoms. The molecule has 0 unspecified atom stereocenters. The lowest BCUT2D eigenvalue weighted by Crippen LogP contribution is -2.31. The smallest absolute Gasteiger partial charge is 0.355 e. The number of hydrogen-bond donors (Lipinski definition) is 1. The molecule has 1 rings (SSSR count). The molecule has 1 N–H and O–H groups in total. The van der Waals surface area contributed by atoms with E-state index in [9.17, 15) is 14.4 Å². The van der Waals surface area contributed by atoms with Crippen LogP contribution in [-0.4, -0.2) is 35.4 Å². The molecule has 0 saturated carbocycles. The molecule has 0 spiro atoms. The molecule has 1 heterocycles. The molecule has 6 heteroatoms. The molecule has 0 saturated heterocycles. The summed E-state index contributed by atoms with van der Waals surface area (Å²) in [5, 5.41) is 2.44. The summed E-state index contributed by atoms with van der Waals surface area (Å²) in [6.45, 7) is 8.94. The van der Waals surface area contributed by atoms with E-state index in [-0.39, 0.29) is 24.4 Å². The monoisotopic (exact) mass is 292 g/mol. The maximum absolute atomic E-state index is 12.2. The molecule has 0 aliphatic carbocycles. The van der Waals surface area contributed by atoms with E-state index < -0.39 is 17.7 Å². The quantitative estimate of drug-likeness (QED) is 0.371. The number of nitrogens with one attached hydrogen (secondary N) is 1. The molecule has 0 aliphatic heterocycles. The molecule has 1 amide bonds. The highest BCUT2D eigenvalue weighted by atomic mass is 16.5. The SMILES string of the molecule is C=CCNC(=O)C(=O)c1c(C)c(C(=O)OCC)n(C)c1C. The summed E-state index contributed by atoms with van der Waals surface area (Å²) < 4.78 is 6.55. The minimum absolute atomic E-state index is 0.209. The molecule has 1 aromatic heterocycles. The number of hydrogen-bond acceptors (Lipinski definition) is 4. The fourth-order valence-electron chi connectivity index (χ4n) is 2.16. The number of carbonyl (C=O) groups excluding carboxylic acids is 3. The van der Waals surface area contributed by atoms with Gasteiger partial charge in [-0.2, -0.15) is 0 Å². The Labute approximate surface area is 123 Å². The zero-order chi connectivity index (χ0) is 16.2. The Hall–Kier alpha value is -2.37. The number of rotatable bonds is 6. The number of ketones is 1. The van der Waals surface area contributed by atoms with Gasteiger partial charge in [-0.3, -0.25) is 9.59 Å². The standard InChI is InChI=1S/C15H20N2O4/c1-6-8-16-14(19)13(18)11-9(3)12(15(20)21-7-2)17(5)10(11)4/h6H,1,7-8H2,2-5H3,(H,16,19). The number of nitrogens with zero attached hydrogens (tertiary/aromatic N) is 1. The normalized spacial score (nSPS) is 10.1. The minimum Gasteiger partial charge on any atom is -0.461 e. The van der Waals surface area contributed by atoms with Crippen molar-refractivity contribution < 1.29 is 19.1 Å². The lowest BCUT2D eigenvalue weighted by atomic mass is 10.1. The van der Waals surface area contributed by atoms with E-state index in [1.807, 2.05) is 0 Å². The average Bonchev–Trinajstić information content (AvgIpc) is 2.66. The van der Waals surface area contributed by atoms with Gasteiger partial charge in [0.05, 0.1) is 12.2 Å². The highest BCUT2D eigenvalue weighted by molar-refractivity contribution is 6.43. The van der Waals surface area contributed by atoms with Crippen LogP contribution in [-0.2, 0) is 16.6 Å². The first-order valence-electron chi connectivity index (χ1n) is 6.63. The van der Waals surface area contributed by atoms with Crippen molar-refractivity contribution in [3.63, 3.8) is 0 Å². The van der Waals surface area contributed by atoms with Crippen LogP contribution in [0.4, 0.5) is 0 Å². The second-order valence-corrected chi connectivity index (χ2v) is 4.54. The number of aromatic nitrogens is 1. The molecule has 0 aliphatic rings. The van der Waals surface area contributed by atoms with Crippen LogP contribution in [0, 0.1) is 13.8 Å². The second kappa shape index (κ2) is 6.88. The van der Waals surface area contributed by atoms with Gasteiger partial charge in [-0.15, -0.1) is 6.58 Å². The Kier molecular flexibility index (Phi) is 5.46. The Balaban J connectivity index is 3.23. The summed E-state index contributed by atoms with van der Waals surface area (Å²) in [4.78, 5) is 36.0. The van der Waals surface area contributed by atoms with Crippen LogP contribution in [0.25, 0.3) is 0 Å². The van der Waals surface area contributed by atoms with E-state index in [1.165, 1.54) is 6.08 Å². The van der Waals surface area contributed by atoms with Gasteiger partial charge in [0.2, 0.25) is 0 Å². The van der Waals surface area contributed by atoms with E-state index in [0.717, 1.165) is 0 Å². The summed E-state index contributed by atoms with van der Waals surface area (Å²) in [6, 6.07) is 0. The van der Waals surface area contributed by atoms with Gasteiger partial charge in [0.1, 0.15) is 5.69 Å². The van der Waals surface area contributed by atoms with Gasteiger partial charge in [0.25, 0.3) is 11.7 Å².